The van der Waals surface area contributed by atoms with Crippen molar-refractivity contribution in [3.8, 4) is 0 Å². The van der Waals surface area contributed by atoms with Crippen molar-refractivity contribution in [1.82, 2.24) is 4.98 Å². The van der Waals surface area contributed by atoms with Gasteiger partial charge in [-0.05, 0) is 50.2 Å². The van der Waals surface area contributed by atoms with Crippen LogP contribution in [0.3, 0.4) is 0 Å². The monoisotopic (exact) mass is 288 g/mol. The summed E-state index contributed by atoms with van der Waals surface area (Å²) in [4.78, 5) is 7.11. The summed E-state index contributed by atoms with van der Waals surface area (Å²) in [6.45, 7) is 0. The van der Waals surface area contributed by atoms with E-state index in [-0.39, 0.29) is 5.84 Å². The Labute approximate surface area is 125 Å². The van der Waals surface area contributed by atoms with Crippen molar-refractivity contribution in [3.63, 3.8) is 0 Å². The Bertz CT molecular complexity index is 549. The fraction of sp³-hybridized carbons (Fsp3) is 0.625. The molecule has 1 heterocycles. The molecule has 0 amide bonds. The molecule has 0 radical (unpaired) electrons. The molecule has 3 rings (SSSR count). The lowest BCUT2D eigenvalue weighted by atomic mass is 9.94. The molecule has 1 saturated carbocycles. The highest BCUT2D eigenvalue weighted by Crippen LogP contribution is 2.31. The van der Waals surface area contributed by atoms with E-state index in [0.717, 1.165) is 24.2 Å². The molecule has 0 aliphatic heterocycles. The van der Waals surface area contributed by atoms with Gasteiger partial charge in [0, 0.05) is 18.8 Å². The Morgan fingerprint density at radius 1 is 1.29 bits per heavy atom. The first-order valence-electron chi connectivity index (χ1n) is 7.94. The SMILES string of the molecule is CN(c1nc2c(cc1C(N)=NO)CCCC2)C1CCCC1. The average molecular weight is 288 g/mol. The Morgan fingerprint density at radius 3 is 2.71 bits per heavy atom. The summed E-state index contributed by atoms with van der Waals surface area (Å²) < 4.78 is 0. The number of aryl methyl sites for hydroxylation is 2. The van der Waals surface area contributed by atoms with Crippen LogP contribution >= 0.6 is 0 Å². The van der Waals surface area contributed by atoms with Crippen LogP contribution in [0.15, 0.2) is 11.2 Å². The summed E-state index contributed by atoms with van der Waals surface area (Å²) in [6.07, 6.45) is 9.43. The molecule has 0 bridgehead atoms. The normalized spacial score (nSPS) is 19.6. The van der Waals surface area contributed by atoms with Gasteiger partial charge in [0.1, 0.15) is 5.82 Å². The number of fused-ring (bicyclic) bond motifs is 1. The summed E-state index contributed by atoms with van der Waals surface area (Å²) >= 11 is 0. The van der Waals surface area contributed by atoms with E-state index in [2.05, 4.69) is 23.2 Å². The van der Waals surface area contributed by atoms with E-state index in [9.17, 15) is 0 Å². The molecule has 2 aliphatic rings. The lowest BCUT2D eigenvalue weighted by molar-refractivity contribution is 0.318. The van der Waals surface area contributed by atoms with Crippen molar-refractivity contribution in [2.75, 3.05) is 11.9 Å². The molecule has 1 fully saturated rings. The quantitative estimate of drug-likeness (QED) is 0.388. The zero-order valence-electron chi connectivity index (χ0n) is 12.7. The molecule has 0 saturated heterocycles. The third kappa shape index (κ3) is 2.69. The maximum atomic E-state index is 9.08. The number of amidine groups is 1. The van der Waals surface area contributed by atoms with Crippen LogP contribution in [-0.2, 0) is 12.8 Å². The van der Waals surface area contributed by atoms with Gasteiger partial charge in [-0.15, -0.1) is 0 Å². The number of aromatic nitrogens is 1. The lowest BCUT2D eigenvalue weighted by Crippen LogP contribution is -2.33. The van der Waals surface area contributed by atoms with Crippen molar-refractivity contribution in [1.29, 1.82) is 0 Å². The predicted octanol–water partition coefficient (Wildman–Crippen LogP) is 2.43. The minimum Gasteiger partial charge on any atom is -0.409 e. The fourth-order valence-electron chi connectivity index (χ4n) is 3.60. The maximum absolute atomic E-state index is 9.08. The van der Waals surface area contributed by atoms with Crippen LogP contribution in [0, 0.1) is 0 Å². The molecule has 0 atom stereocenters. The van der Waals surface area contributed by atoms with E-state index in [0.29, 0.717) is 6.04 Å². The minimum atomic E-state index is 0.163. The first-order chi connectivity index (χ1) is 10.2. The molecular formula is C16H24N4O. The Kier molecular flexibility index (Phi) is 3.99. The summed E-state index contributed by atoms with van der Waals surface area (Å²) in [5.74, 6) is 1.04. The number of hydrogen-bond acceptors (Lipinski definition) is 4. The van der Waals surface area contributed by atoms with Crippen LogP contribution in [0.2, 0.25) is 0 Å². The highest BCUT2D eigenvalue weighted by molar-refractivity contribution is 6.01. The van der Waals surface area contributed by atoms with Crippen molar-refractivity contribution < 1.29 is 5.21 Å². The molecule has 0 aromatic carbocycles. The van der Waals surface area contributed by atoms with Crippen molar-refractivity contribution in [3.05, 3.63) is 22.9 Å². The van der Waals surface area contributed by atoms with E-state index in [1.54, 1.807) is 0 Å². The van der Waals surface area contributed by atoms with E-state index >= 15 is 0 Å². The van der Waals surface area contributed by atoms with Gasteiger partial charge in [-0.1, -0.05) is 18.0 Å². The first-order valence-corrected chi connectivity index (χ1v) is 7.94. The van der Waals surface area contributed by atoms with Crippen LogP contribution in [0.25, 0.3) is 0 Å². The largest absolute Gasteiger partial charge is 0.409 e. The summed E-state index contributed by atoms with van der Waals surface area (Å²) in [7, 11) is 2.09. The van der Waals surface area contributed by atoms with E-state index in [1.807, 2.05) is 0 Å². The number of hydrogen-bond donors (Lipinski definition) is 2. The Morgan fingerprint density at radius 2 is 2.00 bits per heavy atom. The van der Waals surface area contributed by atoms with Gasteiger partial charge >= 0.3 is 0 Å². The first kappa shape index (κ1) is 14.2. The van der Waals surface area contributed by atoms with Crippen LogP contribution < -0.4 is 10.6 Å². The molecule has 114 valence electrons. The number of anilines is 1. The fourth-order valence-corrected chi connectivity index (χ4v) is 3.60. The molecule has 0 spiro atoms. The smallest absolute Gasteiger partial charge is 0.173 e. The maximum Gasteiger partial charge on any atom is 0.173 e. The second-order valence-corrected chi connectivity index (χ2v) is 6.21. The standard InChI is InChI=1S/C16H24N4O/c1-20(12-7-3-4-8-12)16-13(15(17)19-21)10-11-6-2-5-9-14(11)18-16/h10,12,21H,2-9H2,1H3,(H2,17,19). The van der Waals surface area contributed by atoms with E-state index in [4.69, 9.17) is 15.9 Å². The molecule has 1 aromatic heterocycles. The summed E-state index contributed by atoms with van der Waals surface area (Å²) in [5.41, 5.74) is 9.12. The van der Waals surface area contributed by atoms with E-state index < -0.39 is 0 Å². The highest BCUT2D eigenvalue weighted by Gasteiger charge is 2.25. The van der Waals surface area contributed by atoms with Gasteiger partial charge in [0.05, 0.1) is 5.56 Å². The molecule has 21 heavy (non-hydrogen) atoms. The van der Waals surface area contributed by atoms with Gasteiger partial charge in [-0.2, -0.15) is 0 Å². The molecule has 5 nitrogen and oxygen atoms in total. The number of rotatable bonds is 3. The van der Waals surface area contributed by atoms with Gasteiger partial charge in [-0.25, -0.2) is 4.98 Å². The zero-order valence-corrected chi connectivity index (χ0v) is 12.7. The highest BCUT2D eigenvalue weighted by atomic mass is 16.4. The molecule has 3 N–H and O–H groups in total. The lowest BCUT2D eigenvalue weighted by Gasteiger charge is -2.29. The van der Waals surface area contributed by atoms with Crippen molar-refractivity contribution >= 4 is 11.7 Å². The number of oxime groups is 1. The van der Waals surface area contributed by atoms with Gasteiger partial charge in [0.25, 0.3) is 0 Å². The molecule has 0 unspecified atom stereocenters. The number of nitrogens with two attached hydrogens (primary N) is 1. The summed E-state index contributed by atoms with van der Waals surface area (Å²) in [5, 5.41) is 12.3. The van der Waals surface area contributed by atoms with Gasteiger partial charge in [0.15, 0.2) is 5.84 Å². The van der Waals surface area contributed by atoms with Gasteiger partial charge in [0.2, 0.25) is 0 Å². The molecule has 5 heteroatoms. The number of nitrogens with zero attached hydrogens (tertiary/aromatic N) is 3. The second kappa shape index (κ2) is 5.92. The Hall–Kier alpha value is -1.78. The van der Waals surface area contributed by atoms with Crippen molar-refractivity contribution in [2.45, 2.75) is 57.4 Å². The predicted molar refractivity (Wildman–Crippen MR) is 84.0 cm³/mol. The second-order valence-electron chi connectivity index (χ2n) is 6.21. The summed E-state index contributed by atoms with van der Waals surface area (Å²) in [6, 6.07) is 2.60. The number of pyridine rings is 1. The average Bonchev–Trinajstić information content (AvgIpc) is 3.06. The van der Waals surface area contributed by atoms with Crippen LogP contribution in [0.4, 0.5) is 5.82 Å². The van der Waals surface area contributed by atoms with Crippen LogP contribution in [0.5, 0.6) is 0 Å². The molecular weight excluding hydrogens is 264 g/mol. The van der Waals surface area contributed by atoms with Crippen LogP contribution in [-0.4, -0.2) is 29.1 Å². The van der Waals surface area contributed by atoms with E-state index in [1.165, 1.54) is 49.8 Å². The minimum absolute atomic E-state index is 0.163. The molecule has 1 aromatic rings. The molecule has 2 aliphatic carbocycles. The van der Waals surface area contributed by atoms with Crippen LogP contribution in [0.1, 0.15) is 55.3 Å². The van der Waals surface area contributed by atoms with Gasteiger partial charge in [-0.3, -0.25) is 0 Å². The topological polar surface area (TPSA) is 74.7 Å². The zero-order chi connectivity index (χ0) is 14.8. The van der Waals surface area contributed by atoms with Crippen molar-refractivity contribution in [2.24, 2.45) is 10.9 Å². The third-order valence-electron chi connectivity index (χ3n) is 4.87. The van der Waals surface area contributed by atoms with Gasteiger partial charge < -0.3 is 15.8 Å². The third-order valence-corrected chi connectivity index (χ3v) is 4.87. The Balaban J connectivity index is 2.03.